The molecule has 0 bridgehead atoms. The number of halogens is 2. The first-order chi connectivity index (χ1) is 6.50. The van der Waals surface area contributed by atoms with Gasteiger partial charge in [0, 0.05) is 13.1 Å². The standard InChI is InChI=1S/C7H9F2N3O2/c1-12-5(10-3-4(8)9)2-6(13)11-7(12)14/h2,4,10H,3H2,1H3,(H,11,13,14). The van der Waals surface area contributed by atoms with Gasteiger partial charge in [-0.2, -0.15) is 0 Å². The summed E-state index contributed by atoms with van der Waals surface area (Å²) in [7, 11) is 1.37. The average molecular weight is 205 g/mol. The molecule has 0 spiro atoms. The molecule has 1 rings (SSSR count). The van der Waals surface area contributed by atoms with E-state index < -0.39 is 24.2 Å². The van der Waals surface area contributed by atoms with E-state index in [2.05, 4.69) is 5.32 Å². The molecule has 0 amide bonds. The average Bonchev–Trinajstić information content (AvgIpc) is 2.08. The molecule has 0 aromatic carbocycles. The SMILES string of the molecule is Cn1c(NCC(F)F)cc(=O)[nH]c1=O. The number of nitrogens with zero attached hydrogens (tertiary/aromatic N) is 1. The monoisotopic (exact) mass is 205 g/mol. The van der Waals surface area contributed by atoms with Crippen LogP contribution in [-0.4, -0.2) is 22.5 Å². The van der Waals surface area contributed by atoms with E-state index in [0.717, 1.165) is 10.6 Å². The Kier molecular flexibility index (Phi) is 3.00. The number of rotatable bonds is 3. The van der Waals surface area contributed by atoms with Crippen LogP contribution in [0.1, 0.15) is 0 Å². The van der Waals surface area contributed by atoms with Crippen LogP contribution in [0, 0.1) is 0 Å². The predicted octanol–water partition coefficient (Wildman–Crippen LogP) is -0.249. The largest absolute Gasteiger partial charge is 0.365 e. The fraction of sp³-hybridized carbons (Fsp3) is 0.429. The second kappa shape index (κ2) is 4.03. The van der Waals surface area contributed by atoms with E-state index in [4.69, 9.17) is 0 Å². The minimum absolute atomic E-state index is 0.0686. The van der Waals surface area contributed by atoms with Gasteiger partial charge in [-0.3, -0.25) is 14.3 Å². The summed E-state index contributed by atoms with van der Waals surface area (Å²) in [5, 5.41) is 2.29. The first-order valence-electron chi connectivity index (χ1n) is 3.83. The molecular weight excluding hydrogens is 196 g/mol. The minimum Gasteiger partial charge on any atom is -0.365 e. The van der Waals surface area contributed by atoms with Crippen molar-refractivity contribution in [2.24, 2.45) is 7.05 Å². The highest BCUT2D eigenvalue weighted by Crippen LogP contribution is 1.99. The van der Waals surface area contributed by atoms with Crippen LogP contribution >= 0.6 is 0 Å². The molecule has 0 saturated carbocycles. The molecule has 0 fully saturated rings. The van der Waals surface area contributed by atoms with Crippen molar-refractivity contribution < 1.29 is 8.78 Å². The van der Waals surface area contributed by atoms with Crippen molar-refractivity contribution in [3.63, 3.8) is 0 Å². The minimum atomic E-state index is -2.54. The Morgan fingerprint density at radius 2 is 2.21 bits per heavy atom. The summed E-state index contributed by atoms with van der Waals surface area (Å²) in [5.74, 6) is 0.0686. The molecule has 0 atom stereocenters. The summed E-state index contributed by atoms with van der Waals surface area (Å²) in [6, 6.07) is 1.05. The zero-order chi connectivity index (χ0) is 10.7. The smallest absolute Gasteiger partial charge is 0.329 e. The van der Waals surface area contributed by atoms with Gasteiger partial charge < -0.3 is 5.32 Å². The third-order valence-corrected chi connectivity index (χ3v) is 1.60. The lowest BCUT2D eigenvalue weighted by Gasteiger charge is -2.08. The number of alkyl halides is 2. The van der Waals surface area contributed by atoms with Crippen molar-refractivity contribution in [3.05, 3.63) is 26.9 Å². The van der Waals surface area contributed by atoms with Crippen molar-refractivity contribution in [2.45, 2.75) is 6.43 Å². The second-order valence-electron chi connectivity index (χ2n) is 2.65. The molecular formula is C7H9F2N3O2. The summed E-state index contributed by atoms with van der Waals surface area (Å²) in [6.45, 7) is -0.600. The summed E-state index contributed by atoms with van der Waals surface area (Å²) in [5.41, 5.74) is -1.26. The van der Waals surface area contributed by atoms with E-state index in [9.17, 15) is 18.4 Å². The van der Waals surface area contributed by atoms with Gasteiger partial charge in [-0.25, -0.2) is 13.6 Å². The van der Waals surface area contributed by atoms with Gasteiger partial charge in [-0.05, 0) is 0 Å². The van der Waals surface area contributed by atoms with E-state index in [1.807, 2.05) is 4.98 Å². The Labute approximate surface area is 77.4 Å². The first-order valence-corrected chi connectivity index (χ1v) is 3.83. The first kappa shape index (κ1) is 10.4. The van der Waals surface area contributed by atoms with Crippen molar-refractivity contribution >= 4 is 5.82 Å². The number of aromatic amines is 1. The van der Waals surface area contributed by atoms with Crippen LogP contribution in [0.3, 0.4) is 0 Å². The lowest BCUT2D eigenvalue weighted by Crippen LogP contribution is -2.30. The Morgan fingerprint density at radius 3 is 2.79 bits per heavy atom. The van der Waals surface area contributed by atoms with E-state index >= 15 is 0 Å². The molecule has 1 aromatic rings. The third-order valence-electron chi connectivity index (χ3n) is 1.60. The van der Waals surface area contributed by atoms with Crippen LogP contribution in [-0.2, 0) is 7.05 Å². The Bertz CT molecular complexity index is 424. The second-order valence-corrected chi connectivity index (χ2v) is 2.65. The molecule has 1 aromatic heterocycles. The van der Waals surface area contributed by atoms with Crippen LogP contribution < -0.4 is 16.6 Å². The van der Waals surface area contributed by atoms with Crippen LogP contribution in [0.25, 0.3) is 0 Å². The number of nitrogens with one attached hydrogen (secondary N) is 2. The maximum absolute atomic E-state index is 11.8. The summed E-state index contributed by atoms with van der Waals surface area (Å²) in [6.07, 6.45) is -2.54. The number of aromatic nitrogens is 2. The summed E-state index contributed by atoms with van der Waals surface area (Å²) in [4.78, 5) is 23.8. The van der Waals surface area contributed by atoms with Gasteiger partial charge >= 0.3 is 5.69 Å². The quantitative estimate of drug-likeness (QED) is 0.715. The zero-order valence-electron chi connectivity index (χ0n) is 7.38. The van der Waals surface area contributed by atoms with Crippen LogP contribution in [0.4, 0.5) is 14.6 Å². The number of anilines is 1. The van der Waals surface area contributed by atoms with Crippen molar-refractivity contribution in [1.82, 2.24) is 9.55 Å². The van der Waals surface area contributed by atoms with Crippen molar-refractivity contribution in [1.29, 1.82) is 0 Å². The maximum Gasteiger partial charge on any atom is 0.329 e. The maximum atomic E-state index is 11.8. The molecule has 78 valence electrons. The highest BCUT2D eigenvalue weighted by atomic mass is 19.3. The van der Waals surface area contributed by atoms with E-state index in [-0.39, 0.29) is 5.82 Å². The molecule has 0 aliphatic rings. The topological polar surface area (TPSA) is 66.9 Å². The lowest BCUT2D eigenvalue weighted by molar-refractivity contribution is 0.163. The zero-order valence-corrected chi connectivity index (χ0v) is 7.38. The lowest BCUT2D eigenvalue weighted by atomic mass is 10.5. The molecule has 7 heteroatoms. The molecule has 14 heavy (non-hydrogen) atoms. The van der Waals surface area contributed by atoms with Gasteiger partial charge in [0.1, 0.15) is 5.82 Å². The van der Waals surface area contributed by atoms with Crippen molar-refractivity contribution in [3.8, 4) is 0 Å². The van der Waals surface area contributed by atoms with Gasteiger partial charge in [-0.15, -0.1) is 0 Å². The molecule has 2 N–H and O–H groups in total. The summed E-state index contributed by atoms with van der Waals surface area (Å²) >= 11 is 0. The van der Waals surface area contributed by atoms with Gasteiger partial charge in [-0.1, -0.05) is 0 Å². The van der Waals surface area contributed by atoms with Crippen LogP contribution in [0.2, 0.25) is 0 Å². The molecule has 1 heterocycles. The molecule has 0 saturated heterocycles. The normalized spacial score (nSPS) is 10.6. The molecule has 0 unspecified atom stereocenters. The van der Waals surface area contributed by atoms with Crippen LogP contribution in [0.15, 0.2) is 15.7 Å². The van der Waals surface area contributed by atoms with Crippen LogP contribution in [0.5, 0.6) is 0 Å². The van der Waals surface area contributed by atoms with Gasteiger partial charge in [0.15, 0.2) is 0 Å². The van der Waals surface area contributed by atoms with Gasteiger partial charge in [0.05, 0.1) is 6.54 Å². The molecule has 0 aliphatic carbocycles. The molecule has 0 radical (unpaired) electrons. The highest BCUT2D eigenvalue weighted by Gasteiger charge is 2.05. The molecule has 0 aliphatic heterocycles. The number of hydrogen-bond acceptors (Lipinski definition) is 3. The Morgan fingerprint density at radius 1 is 1.57 bits per heavy atom. The molecule has 5 nitrogen and oxygen atoms in total. The Balaban J connectivity index is 2.97. The highest BCUT2D eigenvalue weighted by molar-refractivity contribution is 5.33. The van der Waals surface area contributed by atoms with E-state index in [0.29, 0.717) is 0 Å². The fourth-order valence-electron chi connectivity index (χ4n) is 0.907. The number of hydrogen-bond donors (Lipinski definition) is 2. The predicted molar refractivity (Wildman–Crippen MR) is 46.8 cm³/mol. The number of H-pyrrole nitrogens is 1. The van der Waals surface area contributed by atoms with Crippen molar-refractivity contribution in [2.75, 3.05) is 11.9 Å². The van der Waals surface area contributed by atoms with Gasteiger partial charge in [0.25, 0.3) is 12.0 Å². The third kappa shape index (κ3) is 2.41. The van der Waals surface area contributed by atoms with Gasteiger partial charge in [0.2, 0.25) is 0 Å². The van der Waals surface area contributed by atoms with E-state index in [1.165, 1.54) is 7.05 Å². The van der Waals surface area contributed by atoms with E-state index in [1.54, 1.807) is 0 Å². The summed E-state index contributed by atoms with van der Waals surface area (Å²) < 4.78 is 24.7. The fourth-order valence-corrected chi connectivity index (χ4v) is 0.907. The Hall–Kier alpha value is -1.66.